The van der Waals surface area contributed by atoms with Crippen LogP contribution in [0.1, 0.15) is 17.0 Å². The predicted octanol–water partition coefficient (Wildman–Crippen LogP) is 0.452. The summed E-state index contributed by atoms with van der Waals surface area (Å²) >= 11 is 0. The van der Waals surface area contributed by atoms with Crippen molar-refractivity contribution >= 4 is 5.97 Å². The summed E-state index contributed by atoms with van der Waals surface area (Å²) in [6.45, 7) is 0. The molecule has 5 nitrogen and oxygen atoms in total. The molecule has 5 heteroatoms. The van der Waals surface area contributed by atoms with Crippen LogP contribution in [0.2, 0.25) is 0 Å². The normalized spacial score (nSPS) is 8.71. The number of hydrogen-bond acceptors (Lipinski definition) is 4. The largest absolute Gasteiger partial charge is 0.481 e. The number of hydrogen-bond donors (Lipinski definition) is 1. The van der Waals surface area contributed by atoms with Crippen LogP contribution in [-0.2, 0) is 11.2 Å². The molecule has 0 fully saturated rings. The highest BCUT2D eigenvalue weighted by molar-refractivity contribution is 5.69. The molecule has 68 valence electrons. The highest BCUT2D eigenvalue weighted by atomic mass is 16.4. The first kappa shape index (κ1) is 9.69. The summed E-state index contributed by atoms with van der Waals surface area (Å²) in [5.74, 6) is -1.04. The van der Waals surface area contributed by atoms with Gasteiger partial charge in [0, 0.05) is 0 Å². The Bertz CT molecular complexity index is 422. The highest BCUT2D eigenvalue weighted by Crippen LogP contribution is 2.05. The Labute approximate surface area is 79.9 Å². The molecular weight excluding hydrogens is 182 g/mol. The van der Waals surface area contributed by atoms with Gasteiger partial charge in [-0.2, -0.15) is 10.5 Å². The Morgan fingerprint density at radius 1 is 1.43 bits per heavy atom. The number of aromatic nitrogens is 1. The van der Waals surface area contributed by atoms with E-state index in [2.05, 4.69) is 4.98 Å². The number of aliphatic carboxylic acids is 1. The molecule has 0 amide bonds. The molecule has 0 bridgehead atoms. The fraction of sp³-hybridized carbons (Fsp3) is 0.111. The lowest BCUT2D eigenvalue weighted by Gasteiger charge is -1.97. The Hall–Kier alpha value is -2.40. The molecule has 0 aromatic carbocycles. The van der Waals surface area contributed by atoms with E-state index in [0.717, 1.165) is 0 Å². The number of nitrogens with zero attached hydrogens (tertiary/aromatic N) is 3. The monoisotopic (exact) mass is 187 g/mol. The third-order valence-corrected chi connectivity index (χ3v) is 1.45. The Balaban J connectivity index is 3.14. The average Bonchev–Trinajstić information content (AvgIpc) is 2.16. The molecule has 0 unspecified atom stereocenters. The van der Waals surface area contributed by atoms with Gasteiger partial charge in [-0.15, -0.1) is 0 Å². The fourth-order valence-corrected chi connectivity index (χ4v) is 0.955. The maximum absolute atomic E-state index is 10.4. The Morgan fingerprint density at radius 2 is 2.14 bits per heavy atom. The van der Waals surface area contributed by atoms with Gasteiger partial charge in [-0.25, -0.2) is 4.98 Å². The second-order valence-electron chi connectivity index (χ2n) is 2.53. The van der Waals surface area contributed by atoms with Crippen LogP contribution in [0.15, 0.2) is 12.1 Å². The summed E-state index contributed by atoms with van der Waals surface area (Å²) in [7, 11) is 0. The van der Waals surface area contributed by atoms with Crippen molar-refractivity contribution in [1.82, 2.24) is 4.98 Å². The summed E-state index contributed by atoms with van der Waals surface area (Å²) < 4.78 is 0. The van der Waals surface area contributed by atoms with Crippen molar-refractivity contribution in [3.05, 3.63) is 29.1 Å². The number of carboxylic acids is 1. The van der Waals surface area contributed by atoms with Crippen molar-refractivity contribution in [3.63, 3.8) is 0 Å². The zero-order valence-corrected chi connectivity index (χ0v) is 7.06. The predicted molar refractivity (Wildman–Crippen MR) is 45.0 cm³/mol. The van der Waals surface area contributed by atoms with Gasteiger partial charge in [0.2, 0.25) is 0 Å². The van der Waals surface area contributed by atoms with E-state index in [-0.39, 0.29) is 23.4 Å². The number of carboxylic acid groups (broad SMARTS) is 1. The topological polar surface area (TPSA) is 97.8 Å². The molecule has 0 radical (unpaired) electrons. The SMILES string of the molecule is N#Cc1cc(C#N)nc(CC(=O)O)c1. The van der Waals surface area contributed by atoms with Crippen LogP contribution < -0.4 is 0 Å². The van der Waals surface area contributed by atoms with Crippen LogP contribution in [0.3, 0.4) is 0 Å². The fourth-order valence-electron chi connectivity index (χ4n) is 0.955. The van der Waals surface area contributed by atoms with Crippen LogP contribution in [-0.4, -0.2) is 16.1 Å². The highest BCUT2D eigenvalue weighted by Gasteiger charge is 2.05. The van der Waals surface area contributed by atoms with E-state index in [1.165, 1.54) is 12.1 Å². The number of pyridine rings is 1. The first-order valence-electron chi connectivity index (χ1n) is 3.68. The van der Waals surface area contributed by atoms with E-state index >= 15 is 0 Å². The summed E-state index contributed by atoms with van der Waals surface area (Å²) in [4.78, 5) is 14.1. The lowest BCUT2D eigenvalue weighted by atomic mass is 10.2. The minimum atomic E-state index is -1.04. The lowest BCUT2D eigenvalue weighted by Crippen LogP contribution is -2.03. The van der Waals surface area contributed by atoms with E-state index in [0.29, 0.717) is 0 Å². The van der Waals surface area contributed by atoms with Crippen LogP contribution in [0, 0.1) is 22.7 Å². The molecule has 1 aromatic heterocycles. The van der Waals surface area contributed by atoms with Gasteiger partial charge in [-0.05, 0) is 12.1 Å². The van der Waals surface area contributed by atoms with Crippen molar-refractivity contribution in [3.8, 4) is 12.1 Å². The molecule has 0 aliphatic carbocycles. The molecule has 1 rings (SSSR count). The van der Waals surface area contributed by atoms with Crippen LogP contribution in [0.5, 0.6) is 0 Å². The van der Waals surface area contributed by atoms with E-state index in [9.17, 15) is 4.79 Å². The number of rotatable bonds is 2. The maximum atomic E-state index is 10.4. The molecule has 0 saturated carbocycles. The van der Waals surface area contributed by atoms with Gasteiger partial charge in [0.1, 0.15) is 11.8 Å². The van der Waals surface area contributed by atoms with E-state index in [4.69, 9.17) is 15.6 Å². The van der Waals surface area contributed by atoms with Crippen molar-refractivity contribution in [2.75, 3.05) is 0 Å². The molecule has 1 aromatic rings. The van der Waals surface area contributed by atoms with Crippen LogP contribution in [0.4, 0.5) is 0 Å². The minimum Gasteiger partial charge on any atom is -0.481 e. The third-order valence-electron chi connectivity index (χ3n) is 1.45. The zero-order chi connectivity index (χ0) is 10.6. The molecule has 1 heterocycles. The number of carbonyl (C=O) groups is 1. The van der Waals surface area contributed by atoms with E-state index < -0.39 is 5.97 Å². The summed E-state index contributed by atoms with van der Waals surface area (Å²) in [6.07, 6.45) is -0.288. The average molecular weight is 187 g/mol. The standard InChI is InChI=1S/C9H5N3O2/c10-4-6-1-7(3-9(13)14)12-8(2-6)5-11/h1-2H,3H2,(H,13,14). The van der Waals surface area contributed by atoms with Gasteiger partial charge < -0.3 is 5.11 Å². The third kappa shape index (κ3) is 2.29. The second-order valence-corrected chi connectivity index (χ2v) is 2.53. The first-order chi connectivity index (χ1) is 6.65. The first-order valence-corrected chi connectivity index (χ1v) is 3.68. The van der Waals surface area contributed by atoms with Gasteiger partial charge in [0.05, 0.1) is 23.7 Å². The van der Waals surface area contributed by atoms with Gasteiger partial charge in [-0.3, -0.25) is 4.79 Å². The number of nitriles is 2. The van der Waals surface area contributed by atoms with Gasteiger partial charge in [-0.1, -0.05) is 0 Å². The molecule has 0 spiro atoms. The smallest absolute Gasteiger partial charge is 0.309 e. The zero-order valence-electron chi connectivity index (χ0n) is 7.06. The van der Waals surface area contributed by atoms with Gasteiger partial charge >= 0.3 is 5.97 Å². The lowest BCUT2D eigenvalue weighted by molar-refractivity contribution is -0.136. The van der Waals surface area contributed by atoms with Crippen LogP contribution in [0.25, 0.3) is 0 Å². The Morgan fingerprint density at radius 3 is 2.64 bits per heavy atom. The molecule has 1 N–H and O–H groups in total. The maximum Gasteiger partial charge on any atom is 0.309 e. The van der Waals surface area contributed by atoms with Crippen LogP contribution >= 0.6 is 0 Å². The quantitative estimate of drug-likeness (QED) is 0.724. The van der Waals surface area contributed by atoms with E-state index in [1.807, 2.05) is 6.07 Å². The van der Waals surface area contributed by atoms with Crippen molar-refractivity contribution < 1.29 is 9.90 Å². The molecule has 14 heavy (non-hydrogen) atoms. The second kappa shape index (κ2) is 4.01. The van der Waals surface area contributed by atoms with Crippen molar-refractivity contribution in [2.24, 2.45) is 0 Å². The molecule has 0 saturated heterocycles. The summed E-state index contributed by atoms with van der Waals surface area (Å²) in [6, 6.07) is 6.26. The van der Waals surface area contributed by atoms with Crippen molar-refractivity contribution in [1.29, 1.82) is 10.5 Å². The molecule has 0 aliphatic rings. The van der Waals surface area contributed by atoms with Gasteiger partial charge in [0.25, 0.3) is 0 Å². The minimum absolute atomic E-state index is 0.0558. The summed E-state index contributed by atoms with van der Waals surface area (Å²) in [5.41, 5.74) is 0.515. The summed E-state index contributed by atoms with van der Waals surface area (Å²) in [5, 5.41) is 25.6. The molecule has 0 aliphatic heterocycles. The Kier molecular flexibility index (Phi) is 2.78. The van der Waals surface area contributed by atoms with Crippen molar-refractivity contribution in [2.45, 2.75) is 6.42 Å². The molecular formula is C9H5N3O2. The molecule has 0 atom stereocenters. The van der Waals surface area contributed by atoms with Gasteiger partial charge in [0.15, 0.2) is 0 Å². The van der Waals surface area contributed by atoms with E-state index in [1.54, 1.807) is 6.07 Å².